The normalized spacial score (nSPS) is 13.8. The molecule has 216 valence electrons. The van der Waals surface area contributed by atoms with Gasteiger partial charge in [-0.05, 0) is 68.4 Å². The van der Waals surface area contributed by atoms with Crippen LogP contribution in [0.25, 0.3) is 5.69 Å². The largest absolute Gasteiger partial charge is 0.497 e. The molecule has 0 saturated heterocycles. The van der Waals surface area contributed by atoms with Crippen LogP contribution in [0.2, 0.25) is 5.02 Å². The van der Waals surface area contributed by atoms with E-state index in [0.29, 0.717) is 22.7 Å². The lowest BCUT2D eigenvalue weighted by Gasteiger charge is -2.40. The molecule has 3 aromatic carbocycles. The van der Waals surface area contributed by atoms with E-state index < -0.39 is 22.9 Å². The molecule has 1 aliphatic heterocycles. The van der Waals surface area contributed by atoms with Crippen LogP contribution in [0.1, 0.15) is 41.5 Å². The minimum Gasteiger partial charge on any atom is -0.497 e. The molecule has 1 atom stereocenters. The van der Waals surface area contributed by atoms with Crippen LogP contribution in [0.5, 0.6) is 11.5 Å². The number of carbonyl (C=O) groups excluding carboxylic acids is 2. The minimum atomic E-state index is -0.643. The van der Waals surface area contributed by atoms with Gasteiger partial charge in [-0.3, -0.25) is 24.6 Å². The second-order valence-electron chi connectivity index (χ2n) is 10.0. The van der Waals surface area contributed by atoms with Crippen molar-refractivity contribution >= 4 is 34.8 Å². The van der Waals surface area contributed by atoms with Crippen LogP contribution in [-0.4, -0.2) is 53.0 Å². The van der Waals surface area contributed by atoms with Gasteiger partial charge < -0.3 is 18.9 Å². The number of rotatable bonds is 8. The highest BCUT2D eigenvalue weighted by Crippen LogP contribution is 2.45. The van der Waals surface area contributed by atoms with Gasteiger partial charge in [0.25, 0.3) is 11.6 Å². The second-order valence-corrected chi connectivity index (χ2v) is 10.4. The van der Waals surface area contributed by atoms with Gasteiger partial charge in [0.1, 0.15) is 29.1 Å². The number of hydrogen-bond acceptors (Lipinski definition) is 6. The summed E-state index contributed by atoms with van der Waals surface area (Å²) in [5.74, 6) is 0.284. The van der Waals surface area contributed by atoms with Gasteiger partial charge in [0.2, 0.25) is 5.91 Å². The number of nitro groups is 1. The number of amides is 2. The van der Waals surface area contributed by atoms with E-state index in [4.69, 9.17) is 21.1 Å². The summed E-state index contributed by atoms with van der Waals surface area (Å²) in [5, 5.41) is 11.4. The van der Waals surface area contributed by atoms with Crippen LogP contribution in [0, 0.1) is 10.1 Å². The number of benzene rings is 3. The summed E-state index contributed by atoms with van der Waals surface area (Å²) in [6.45, 7) is 3.28. The molecule has 0 fully saturated rings. The average molecular weight is 589 g/mol. The molecule has 1 unspecified atom stereocenters. The van der Waals surface area contributed by atoms with Gasteiger partial charge in [0.05, 0.1) is 36.2 Å². The number of methoxy groups -OCH3 is 2. The molecule has 11 heteroatoms. The molecule has 10 nitrogen and oxygen atoms in total. The molecule has 0 N–H and O–H groups in total. The second kappa shape index (κ2) is 11.6. The quantitative estimate of drug-likeness (QED) is 0.183. The zero-order chi connectivity index (χ0) is 30.1. The maximum absolute atomic E-state index is 14.4. The van der Waals surface area contributed by atoms with E-state index >= 15 is 0 Å². The van der Waals surface area contributed by atoms with Crippen LogP contribution in [0.4, 0.5) is 11.4 Å². The van der Waals surface area contributed by atoms with Gasteiger partial charge in [-0.1, -0.05) is 23.7 Å². The van der Waals surface area contributed by atoms with Crippen molar-refractivity contribution < 1.29 is 24.0 Å². The molecule has 1 aromatic heterocycles. The summed E-state index contributed by atoms with van der Waals surface area (Å²) in [4.78, 5) is 42.0. The Kier molecular flexibility index (Phi) is 7.91. The van der Waals surface area contributed by atoms with Gasteiger partial charge in [-0.25, -0.2) is 0 Å². The Labute approximate surface area is 247 Å². The molecule has 0 spiro atoms. The molecular weight excluding hydrogens is 560 g/mol. The number of fused-ring (bicyclic) bond motifs is 3. The Hall–Kier alpha value is -4.83. The molecule has 5 rings (SSSR count). The lowest BCUT2D eigenvalue weighted by molar-refractivity contribution is -0.384. The Bertz CT molecular complexity index is 1680. The topological polar surface area (TPSA) is 107 Å². The summed E-state index contributed by atoms with van der Waals surface area (Å²) in [7, 11) is 3.14. The van der Waals surface area contributed by atoms with E-state index in [-0.39, 0.29) is 28.7 Å². The number of hydrogen-bond donors (Lipinski definition) is 0. The number of para-hydroxylation sites is 2. The fourth-order valence-corrected chi connectivity index (χ4v) is 5.46. The van der Waals surface area contributed by atoms with Crippen molar-refractivity contribution in [3.05, 3.63) is 111 Å². The highest BCUT2D eigenvalue weighted by Gasteiger charge is 2.39. The van der Waals surface area contributed by atoms with Crippen molar-refractivity contribution in [1.82, 2.24) is 9.47 Å². The first-order valence-electron chi connectivity index (χ1n) is 13.2. The standard InChI is InChI=1S/C31H29ClN4O6/c1-19(2)34(31(38)20-11-13-23(32)27(16-20)36(39)40)18-29(37)35-25-9-6-5-8-24(25)33-15-7-10-26(33)30(35)22-17-21(41-3)12-14-28(22)42-4/h5-17,19,30H,18H2,1-4H3. The zero-order valence-electron chi connectivity index (χ0n) is 23.5. The van der Waals surface area contributed by atoms with E-state index in [0.717, 1.165) is 17.4 Å². The van der Waals surface area contributed by atoms with Gasteiger partial charge in [0, 0.05) is 29.4 Å². The number of aromatic nitrogens is 1. The molecule has 0 saturated carbocycles. The average Bonchev–Trinajstić information content (AvgIpc) is 3.48. The lowest BCUT2D eigenvalue weighted by Crippen LogP contribution is -2.48. The molecular formula is C31H29ClN4O6. The SMILES string of the molecule is COc1ccc(OC)c(C2c3cccn3-c3ccccc3N2C(=O)CN(C(=O)c2ccc(Cl)c([N+](=O)[O-])c2)C(C)C)c1. The van der Waals surface area contributed by atoms with Crippen LogP contribution in [0.3, 0.4) is 0 Å². The van der Waals surface area contributed by atoms with Gasteiger partial charge in [-0.15, -0.1) is 0 Å². The van der Waals surface area contributed by atoms with Crippen molar-refractivity contribution in [1.29, 1.82) is 0 Å². The smallest absolute Gasteiger partial charge is 0.288 e. The van der Waals surface area contributed by atoms with E-state index in [9.17, 15) is 19.7 Å². The predicted octanol–water partition coefficient (Wildman–Crippen LogP) is 6.04. The Balaban J connectivity index is 1.61. The zero-order valence-corrected chi connectivity index (χ0v) is 24.2. The van der Waals surface area contributed by atoms with E-state index in [1.165, 1.54) is 17.0 Å². The van der Waals surface area contributed by atoms with E-state index in [1.807, 2.05) is 53.2 Å². The monoisotopic (exact) mass is 588 g/mol. The van der Waals surface area contributed by atoms with E-state index in [2.05, 4.69) is 0 Å². The third kappa shape index (κ3) is 5.05. The summed E-state index contributed by atoms with van der Waals surface area (Å²) in [5.41, 5.74) is 2.67. The Morgan fingerprint density at radius 2 is 1.74 bits per heavy atom. The highest BCUT2D eigenvalue weighted by atomic mass is 35.5. The van der Waals surface area contributed by atoms with Crippen LogP contribution < -0.4 is 14.4 Å². The number of anilines is 1. The number of nitrogens with zero attached hydrogens (tertiary/aromatic N) is 4. The first kappa shape index (κ1) is 28.7. The molecule has 1 aliphatic rings. The van der Waals surface area contributed by atoms with Crippen molar-refractivity contribution in [3.8, 4) is 17.2 Å². The summed E-state index contributed by atoms with van der Waals surface area (Å²) >= 11 is 5.98. The van der Waals surface area contributed by atoms with Crippen molar-refractivity contribution in [2.45, 2.75) is 25.9 Å². The Morgan fingerprint density at radius 1 is 1.00 bits per heavy atom. The highest BCUT2D eigenvalue weighted by molar-refractivity contribution is 6.32. The summed E-state index contributed by atoms with van der Waals surface area (Å²) in [6, 6.07) is 19.7. The number of carbonyl (C=O) groups is 2. The number of nitro benzene ring substituents is 1. The minimum absolute atomic E-state index is 0.0616. The summed E-state index contributed by atoms with van der Waals surface area (Å²) in [6.07, 6.45) is 1.94. The fourth-order valence-electron chi connectivity index (χ4n) is 5.27. The van der Waals surface area contributed by atoms with E-state index in [1.54, 1.807) is 45.1 Å². The third-order valence-electron chi connectivity index (χ3n) is 7.30. The maximum Gasteiger partial charge on any atom is 0.288 e. The van der Waals surface area contributed by atoms with Gasteiger partial charge >= 0.3 is 0 Å². The van der Waals surface area contributed by atoms with Crippen molar-refractivity contribution in [2.75, 3.05) is 25.7 Å². The van der Waals surface area contributed by atoms with Crippen LogP contribution in [0.15, 0.2) is 79.0 Å². The molecule has 0 bridgehead atoms. The van der Waals surface area contributed by atoms with Crippen LogP contribution in [-0.2, 0) is 4.79 Å². The third-order valence-corrected chi connectivity index (χ3v) is 7.62. The predicted molar refractivity (Wildman–Crippen MR) is 159 cm³/mol. The first-order chi connectivity index (χ1) is 20.2. The van der Waals surface area contributed by atoms with Gasteiger partial charge in [0.15, 0.2) is 0 Å². The number of ether oxygens (including phenoxy) is 2. The maximum atomic E-state index is 14.4. The number of halogens is 1. The first-order valence-corrected chi connectivity index (χ1v) is 13.6. The van der Waals surface area contributed by atoms with Crippen molar-refractivity contribution in [3.63, 3.8) is 0 Å². The summed E-state index contributed by atoms with van der Waals surface area (Å²) < 4.78 is 13.3. The molecule has 0 radical (unpaired) electrons. The Morgan fingerprint density at radius 3 is 2.40 bits per heavy atom. The molecule has 2 amide bonds. The molecule has 42 heavy (non-hydrogen) atoms. The molecule has 2 heterocycles. The fraction of sp³-hybridized carbons (Fsp3) is 0.226. The lowest BCUT2D eigenvalue weighted by atomic mass is 9.96. The van der Waals surface area contributed by atoms with Crippen LogP contribution >= 0.6 is 11.6 Å². The van der Waals surface area contributed by atoms with Crippen molar-refractivity contribution in [2.24, 2.45) is 0 Å². The van der Waals surface area contributed by atoms with Gasteiger partial charge in [-0.2, -0.15) is 0 Å². The molecule has 4 aromatic rings. The molecule has 0 aliphatic carbocycles.